The van der Waals surface area contributed by atoms with Gasteiger partial charge >= 0.3 is 0 Å². The third-order valence-electron chi connectivity index (χ3n) is 5.18. The number of carbonyl (C=O) groups excluding carboxylic acids is 1. The molecule has 1 N–H and O–H groups in total. The minimum atomic E-state index is -0.265. The molecule has 0 aromatic heterocycles. The molecule has 0 saturated carbocycles. The van der Waals surface area contributed by atoms with Gasteiger partial charge in [-0.25, -0.2) is 0 Å². The summed E-state index contributed by atoms with van der Waals surface area (Å²) >= 11 is 12.1. The van der Waals surface area contributed by atoms with Gasteiger partial charge in [0.05, 0.1) is 10.0 Å². The van der Waals surface area contributed by atoms with Gasteiger partial charge in [-0.15, -0.1) is 0 Å². The molecule has 2 bridgehead atoms. The molecule has 0 spiro atoms. The summed E-state index contributed by atoms with van der Waals surface area (Å²) in [4.78, 5) is 13.2. The molecule has 1 aromatic carbocycles. The molecule has 3 atom stereocenters. The number of hydrogen-bond donors (Lipinski definition) is 1. The first-order chi connectivity index (χ1) is 10.1. The molecule has 2 fully saturated rings. The van der Waals surface area contributed by atoms with E-state index in [1.54, 1.807) is 12.1 Å². The van der Waals surface area contributed by atoms with Crippen molar-refractivity contribution in [1.82, 2.24) is 5.32 Å². The van der Waals surface area contributed by atoms with Crippen LogP contribution in [0, 0.1) is 5.41 Å². The maximum atomic E-state index is 13.2. The fraction of sp³-hybridized carbons (Fsp3) is 0.588. The van der Waals surface area contributed by atoms with E-state index in [2.05, 4.69) is 12.2 Å². The number of benzene rings is 1. The van der Waals surface area contributed by atoms with Crippen molar-refractivity contribution in [2.45, 2.75) is 57.5 Å². The van der Waals surface area contributed by atoms with Crippen LogP contribution < -0.4 is 5.32 Å². The molecule has 2 saturated heterocycles. The fourth-order valence-corrected chi connectivity index (χ4v) is 4.44. The van der Waals surface area contributed by atoms with Crippen molar-refractivity contribution in [1.29, 1.82) is 0 Å². The smallest absolute Gasteiger partial charge is 0.170 e. The Kier molecular flexibility index (Phi) is 4.31. The number of piperidine rings is 1. The number of halogens is 2. The normalized spacial score (nSPS) is 31.4. The first kappa shape index (κ1) is 15.3. The highest BCUT2D eigenvalue weighted by atomic mass is 35.5. The molecule has 2 nitrogen and oxygen atoms in total. The second-order valence-corrected chi connectivity index (χ2v) is 7.21. The van der Waals surface area contributed by atoms with E-state index >= 15 is 0 Å². The van der Waals surface area contributed by atoms with E-state index in [1.165, 1.54) is 6.42 Å². The summed E-state index contributed by atoms with van der Waals surface area (Å²) in [5.74, 6) is 0.237. The van der Waals surface area contributed by atoms with Crippen LogP contribution >= 0.6 is 23.2 Å². The molecule has 2 aliphatic heterocycles. The molecule has 2 aliphatic rings. The largest absolute Gasteiger partial charge is 0.310 e. The lowest BCUT2D eigenvalue weighted by atomic mass is 9.67. The van der Waals surface area contributed by atoms with Crippen LogP contribution in [-0.4, -0.2) is 17.9 Å². The van der Waals surface area contributed by atoms with Gasteiger partial charge in [-0.3, -0.25) is 4.79 Å². The Hall–Kier alpha value is -0.570. The van der Waals surface area contributed by atoms with Gasteiger partial charge < -0.3 is 5.32 Å². The average molecular weight is 326 g/mol. The van der Waals surface area contributed by atoms with Crippen molar-refractivity contribution >= 4 is 29.0 Å². The van der Waals surface area contributed by atoms with Gasteiger partial charge in [0.2, 0.25) is 0 Å². The lowest BCUT2D eigenvalue weighted by Gasteiger charge is -2.42. The quantitative estimate of drug-likeness (QED) is 0.799. The molecule has 0 aliphatic carbocycles. The van der Waals surface area contributed by atoms with Crippen LogP contribution in [0.15, 0.2) is 18.2 Å². The van der Waals surface area contributed by atoms with Gasteiger partial charge in [0, 0.05) is 23.1 Å². The molecular formula is C17H21Cl2NO. The zero-order valence-electron chi connectivity index (χ0n) is 12.3. The summed E-state index contributed by atoms with van der Waals surface area (Å²) in [6.07, 6.45) is 6.36. The SMILES string of the molecule is CCC[C@]1(C(=O)c2ccc(Cl)c(Cl)c2)CC[C@H]2CC[C@H]1N2. The minimum Gasteiger partial charge on any atom is -0.310 e. The summed E-state index contributed by atoms with van der Waals surface area (Å²) in [5.41, 5.74) is 0.434. The van der Waals surface area contributed by atoms with Crippen molar-refractivity contribution < 1.29 is 4.79 Å². The Morgan fingerprint density at radius 2 is 2.10 bits per heavy atom. The monoisotopic (exact) mass is 325 g/mol. The Labute approximate surface area is 136 Å². The lowest BCUT2D eigenvalue weighted by Crippen LogP contribution is -2.52. The van der Waals surface area contributed by atoms with Crippen molar-refractivity contribution in [3.05, 3.63) is 33.8 Å². The van der Waals surface area contributed by atoms with Gasteiger partial charge in [-0.05, 0) is 50.3 Å². The fourth-order valence-electron chi connectivity index (χ4n) is 4.14. The molecular weight excluding hydrogens is 305 g/mol. The number of rotatable bonds is 4. The Bertz CT molecular complexity index is 560. The maximum absolute atomic E-state index is 13.2. The molecule has 3 rings (SSSR count). The lowest BCUT2D eigenvalue weighted by molar-refractivity contribution is 0.0617. The summed E-state index contributed by atoms with van der Waals surface area (Å²) in [6.45, 7) is 2.16. The van der Waals surface area contributed by atoms with Gasteiger partial charge in [-0.1, -0.05) is 36.5 Å². The zero-order valence-corrected chi connectivity index (χ0v) is 13.8. The number of Topliss-reactive ketones (excluding diaryl/α,β-unsaturated/α-hetero) is 1. The third-order valence-corrected chi connectivity index (χ3v) is 5.92. The molecule has 0 radical (unpaired) electrons. The van der Waals surface area contributed by atoms with Crippen molar-refractivity contribution in [3.63, 3.8) is 0 Å². The van der Waals surface area contributed by atoms with Crippen LogP contribution in [0.3, 0.4) is 0 Å². The molecule has 114 valence electrons. The zero-order chi connectivity index (χ0) is 15.0. The highest BCUT2D eigenvalue weighted by Gasteiger charge is 2.50. The van der Waals surface area contributed by atoms with Crippen molar-refractivity contribution in [2.75, 3.05) is 0 Å². The third kappa shape index (κ3) is 2.62. The van der Waals surface area contributed by atoms with E-state index in [0.29, 0.717) is 27.7 Å². The summed E-state index contributed by atoms with van der Waals surface area (Å²) in [5, 5.41) is 4.62. The van der Waals surface area contributed by atoms with Crippen LogP contribution in [0.25, 0.3) is 0 Å². The van der Waals surface area contributed by atoms with E-state index in [-0.39, 0.29) is 11.2 Å². The number of nitrogens with one attached hydrogen (secondary N) is 1. The highest BCUT2D eigenvalue weighted by Crippen LogP contribution is 2.46. The van der Waals surface area contributed by atoms with Crippen LogP contribution in [0.5, 0.6) is 0 Å². The summed E-state index contributed by atoms with van der Waals surface area (Å²) < 4.78 is 0. The predicted octanol–water partition coefficient (Wildman–Crippen LogP) is 4.88. The predicted molar refractivity (Wildman–Crippen MR) is 87.3 cm³/mol. The Balaban J connectivity index is 1.96. The first-order valence-electron chi connectivity index (χ1n) is 7.83. The van der Waals surface area contributed by atoms with Gasteiger partial charge in [0.15, 0.2) is 5.78 Å². The average Bonchev–Trinajstić information content (AvgIpc) is 2.89. The molecule has 21 heavy (non-hydrogen) atoms. The highest BCUT2D eigenvalue weighted by molar-refractivity contribution is 6.42. The second kappa shape index (κ2) is 5.91. The number of ketones is 1. The van der Waals surface area contributed by atoms with E-state index in [9.17, 15) is 4.79 Å². The standard InChI is InChI=1S/C17H21Cl2NO/c1-2-8-17(9-7-12-4-6-15(17)20-12)16(21)11-3-5-13(18)14(19)10-11/h3,5,10,12,15,20H,2,4,6-9H2,1H3/t12-,15-,17+/m1/s1. The maximum Gasteiger partial charge on any atom is 0.170 e. The molecule has 2 heterocycles. The topological polar surface area (TPSA) is 29.1 Å². The van der Waals surface area contributed by atoms with Gasteiger partial charge in [0.25, 0.3) is 0 Å². The number of hydrogen-bond acceptors (Lipinski definition) is 2. The van der Waals surface area contributed by atoms with Gasteiger partial charge in [-0.2, -0.15) is 0 Å². The van der Waals surface area contributed by atoms with E-state index in [0.717, 1.165) is 32.1 Å². The number of fused-ring (bicyclic) bond motifs is 2. The van der Waals surface area contributed by atoms with Crippen LogP contribution in [-0.2, 0) is 0 Å². The number of carbonyl (C=O) groups is 1. The van der Waals surface area contributed by atoms with Crippen molar-refractivity contribution in [3.8, 4) is 0 Å². The summed E-state index contributed by atoms with van der Waals surface area (Å²) in [6, 6.07) is 6.20. The van der Waals surface area contributed by atoms with E-state index < -0.39 is 0 Å². The van der Waals surface area contributed by atoms with Crippen LogP contribution in [0.1, 0.15) is 55.8 Å². The molecule has 4 heteroatoms. The molecule has 0 unspecified atom stereocenters. The molecule has 1 aromatic rings. The van der Waals surface area contributed by atoms with Gasteiger partial charge in [0.1, 0.15) is 0 Å². The minimum absolute atomic E-state index is 0.237. The summed E-state index contributed by atoms with van der Waals surface area (Å²) in [7, 11) is 0. The second-order valence-electron chi connectivity index (χ2n) is 6.40. The first-order valence-corrected chi connectivity index (χ1v) is 8.58. The van der Waals surface area contributed by atoms with Crippen LogP contribution in [0.2, 0.25) is 10.0 Å². The van der Waals surface area contributed by atoms with Crippen molar-refractivity contribution in [2.24, 2.45) is 5.41 Å². The van der Waals surface area contributed by atoms with Crippen LogP contribution in [0.4, 0.5) is 0 Å². The molecule has 0 amide bonds. The van der Waals surface area contributed by atoms with E-state index in [4.69, 9.17) is 23.2 Å². The Morgan fingerprint density at radius 3 is 2.81 bits per heavy atom. The Morgan fingerprint density at radius 1 is 1.29 bits per heavy atom. The van der Waals surface area contributed by atoms with E-state index in [1.807, 2.05) is 6.07 Å².